The van der Waals surface area contributed by atoms with Crippen molar-refractivity contribution < 1.29 is 4.79 Å². The fourth-order valence-corrected chi connectivity index (χ4v) is 1.75. The molecule has 1 amide bonds. The summed E-state index contributed by atoms with van der Waals surface area (Å²) in [6.45, 7) is 5.35. The third kappa shape index (κ3) is 3.04. The van der Waals surface area contributed by atoms with Crippen LogP contribution in [0.4, 0.5) is 0 Å². The third-order valence-electron chi connectivity index (χ3n) is 2.82. The molecule has 0 atom stereocenters. The van der Waals surface area contributed by atoms with Gasteiger partial charge in [-0.1, -0.05) is 29.3 Å². The van der Waals surface area contributed by atoms with E-state index in [-0.39, 0.29) is 5.91 Å². The molecule has 2 aromatic rings. The summed E-state index contributed by atoms with van der Waals surface area (Å²) in [7, 11) is 0. The monoisotopic (exact) mass is 268 g/mol. The van der Waals surface area contributed by atoms with Gasteiger partial charge in [0, 0.05) is 0 Å². The van der Waals surface area contributed by atoms with Crippen LogP contribution in [-0.4, -0.2) is 20.9 Å². The Hall–Kier alpha value is -2.61. The summed E-state index contributed by atoms with van der Waals surface area (Å²) in [6, 6.07) is 9.68. The van der Waals surface area contributed by atoms with Crippen molar-refractivity contribution in [2.45, 2.75) is 26.3 Å². The zero-order chi connectivity index (χ0) is 14.6. The Morgan fingerprint density at radius 2 is 2.00 bits per heavy atom. The summed E-state index contributed by atoms with van der Waals surface area (Å²) in [5.41, 5.74) is 0.961. The van der Waals surface area contributed by atoms with E-state index < -0.39 is 5.54 Å². The maximum Gasteiger partial charge on any atom is 0.296 e. The van der Waals surface area contributed by atoms with Crippen LogP contribution in [0.25, 0.3) is 5.69 Å². The van der Waals surface area contributed by atoms with E-state index in [2.05, 4.69) is 27.5 Å². The van der Waals surface area contributed by atoms with Crippen LogP contribution in [0.3, 0.4) is 0 Å². The molecule has 1 aromatic heterocycles. The Labute approximate surface area is 118 Å². The molecule has 0 saturated heterocycles. The van der Waals surface area contributed by atoms with Crippen molar-refractivity contribution in [2.24, 2.45) is 0 Å². The number of amides is 1. The van der Waals surface area contributed by atoms with E-state index in [1.54, 1.807) is 17.8 Å². The second-order valence-corrected chi connectivity index (χ2v) is 4.84. The number of benzene rings is 1. The summed E-state index contributed by atoms with van der Waals surface area (Å²) in [5, 5.41) is 11.0. The van der Waals surface area contributed by atoms with Gasteiger partial charge in [0.2, 0.25) is 0 Å². The van der Waals surface area contributed by atoms with Gasteiger partial charge in [-0.15, -0.1) is 5.10 Å². The van der Waals surface area contributed by atoms with Crippen molar-refractivity contribution in [3.05, 3.63) is 42.2 Å². The van der Waals surface area contributed by atoms with E-state index in [0.29, 0.717) is 5.69 Å². The summed E-state index contributed by atoms with van der Waals surface area (Å²) in [5.74, 6) is 4.70. The fourth-order valence-electron chi connectivity index (χ4n) is 1.75. The third-order valence-corrected chi connectivity index (χ3v) is 2.82. The number of carbonyl (C=O) groups excluding carboxylic acids is 1. The van der Waals surface area contributed by atoms with Crippen LogP contribution >= 0.6 is 0 Å². The maximum absolute atomic E-state index is 11.6. The number of hydrogen-bond acceptors (Lipinski definition) is 3. The molecule has 0 aliphatic carbocycles. The predicted octanol–water partition coefficient (Wildman–Crippen LogP) is 1.64. The number of aromatic nitrogens is 3. The van der Waals surface area contributed by atoms with Crippen molar-refractivity contribution in [1.29, 1.82) is 0 Å². The highest BCUT2D eigenvalue weighted by molar-refractivity contribution is 5.93. The normalized spacial score (nSPS) is 10.6. The van der Waals surface area contributed by atoms with Crippen LogP contribution < -0.4 is 5.32 Å². The average molecular weight is 268 g/mol. The summed E-state index contributed by atoms with van der Waals surface area (Å²) in [4.78, 5) is 11.6. The van der Waals surface area contributed by atoms with Crippen molar-refractivity contribution in [1.82, 2.24) is 20.3 Å². The van der Waals surface area contributed by atoms with E-state index in [4.69, 9.17) is 0 Å². The van der Waals surface area contributed by atoms with Crippen LogP contribution in [-0.2, 0) is 10.3 Å². The molecule has 1 aromatic carbocycles. The Kier molecular flexibility index (Phi) is 3.85. The second kappa shape index (κ2) is 5.57. The fraction of sp³-hybridized carbons (Fsp3) is 0.267. The molecule has 20 heavy (non-hydrogen) atoms. The van der Waals surface area contributed by atoms with E-state index in [0.717, 1.165) is 5.69 Å². The lowest BCUT2D eigenvalue weighted by atomic mass is 10.0. The molecule has 1 heterocycles. The van der Waals surface area contributed by atoms with Crippen LogP contribution in [0.15, 0.2) is 36.5 Å². The molecule has 2 rings (SSSR count). The topological polar surface area (TPSA) is 59.8 Å². The van der Waals surface area contributed by atoms with Crippen LogP contribution in [0.1, 0.15) is 26.5 Å². The van der Waals surface area contributed by atoms with Crippen molar-refractivity contribution >= 4 is 5.91 Å². The molecule has 1 N–H and O–H groups in total. The van der Waals surface area contributed by atoms with Gasteiger partial charge in [-0.25, -0.2) is 4.68 Å². The molecule has 5 nitrogen and oxygen atoms in total. The molecule has 0 saturated carbocycles. The van der Waals surface area contributed by atoms with E-state index in [1.165, 1.54) is 0 Å². The first-order valence-corrected chi connectivity index (χ1v) is 6.26. The zero-order valence-electron chi connectivity index (χ0n) is 11.7. The number of para-hydroxylation sites is 1. The minimum Gasteiger partial charge on any atom is -0.335 e. The smallest absolute Gasteiger partial charge is 0.296 e. The Bertz CT molecular complexity index is 662. The molecule has 0 bridgehead atoms. The summed E-state index contributed by atoms with van der Waals surface area (Å²) in [6.07, 6.45) is 1.80. The first-order valence-electron chi connectivity index (χ1n) is 6.26. The molecule has 0 aliphatic heterocycles. The van der Waals surface area contributed by atoms with E-state index >= 15 is 0 Å². The first-order chi connectivity index (χ1) is 9.53. The SMILES string of the molecule is CC#CC(=O)NC(C)(C)c1cn(-c2ccccc2)nn1. The van der Waals surface area contributed by atoms with Gasteiger partial charge in [-0.3, -0.25) is 4.79 Å². The number of hydrogen-bond donors (Lipinski definition) is 1. The largest absolute Gasteiger partial charge is 0.335 e. The maximum atomic E-state index is 11.6. The van der Waals surface area contributed by atoms with Crippen LogP contribution in [0, 0.1) is 11.8 Å². The zero-order valence-corrected chi connectivity index (χ0v) is 11.7. The molecule has 0 spiro atoms. The van der Waals surface area contributed by atoms with E-state index in [1.807, 2.05) is 44.2 Å². The number of carbonyl (C=O) groups is 1. The molecule has 5 heteroatoms. The molecule has 0 unspecified atom stereocenters. The molecule has 0 radical (unpaired) electrons. The Morgan fingerprint density at radius 1 is 1.30 bits per heavy atom. The molecule has 0 fully saturated rings. The van der Waals surface area contributed by atoms with Crippen LogP contribution in [0.5, 0.6) is 0 Å². The standard InChI is InChI=1S/C15H16N4O/c1-4-8-14(20)16-15(2,3)13-11-19(18-17-13)12-9-6-5-7-10-12/h5-7,9-11H,1-3H3,(H,16,20). The minimum atomic E-state index is -0.631. The number of nitrogens with zero attached hydrogens (tertiary/aromatic N) is 3. The Balaban J connectivity index is 2.23. The molecule has 102 valence electrons. The highest BCUT2D eigenvalue weighted by Gasteiger charge is 2.25. The Morgan fingerprint density at radius 3 is 2.65 bits per heavy atom. The van der Waals surface area contributed by atoms with Gasteiger partial charge in [0.05, 0.1) is 17.4 Å². The second-order valence-electron chi connectivity index (χ2n) is 4.84. The van der Waals surface area contributed by atoms with Crippen LogP contribution in [0.2, 0.25) is 0 Å². The highest BCUT2D eigenvalue weighted by Crippen LogP contribution is 2.18. The quantitative estimate of drug-likeness (QED) is 0.861. The number of rotatable bonds is 3. The van der Waals surface area contributed by atoms with Gasteiger partial charge in [0.1, 0.15) is 5.69 Å². The van der Waals surface area contributed by atoms with Gasteiger partial charge < -0.3 is 5.32 Å². The van der Waals surface area contributed by atoms with Gasteiger partial charge in [-0.05, 0) is 38.8 Å². The van der Waals surface area contributed by atoms with Gasteiger partial charge in [-0.2, -0.15) is 0 Å². The predicted molar refractivity (Wildman–Crippen MR) is 76.0 cm³/mol. The highest BCUT2D eigenvalue weighted by atomic mass is 16.1. The first kappa shape index (κ1) is 13.8. The van der Waals surface area contributed by atoms with Gasteiger partial charge in [0.15, 0.2) is 0 Å². The number of nitrogens with one attached hydrogen (secondary N) is 1. The van der Waals surface area contributed by atoms with Crippen molar-refractivity contribution in [2.75, 3.05) is 0 Å². The van der Waals surface area contributed by atoms with Gasteiger partial charge in [0.25, 0.3) is 5.91 Å². The minimum absolute atomic E-state index is 0.327. The van der Waals surface area contributed by atoms with Crippen molar-refractivity contribution in [3.8, 4) is 17.5 Å². The molecule has 0 aliphatic rings. The molecular weight excluding hydrogens is 252 g/mol. The van der Waals surface area contributed by atoms with Crippen molar-refractivity contribution in [3.63, 3.8) is 0 Å². The lowest BCUT2D eigenvalue weighted by Gasteiger charge is -2.21. The molecular formula is C15H16N4O. The lowest BCUT2D eigenvalue weighted by Crippen LogP contribution is -2.40. The van der Waals surface area contributed by atoms with E-state index in [9.17, 15) is 4.79 Å². The summed E-state index contributed by atoms with van der Waals surface area (Å²) < 4.78 is 1.68. The summed E-state index contributed by atoms with van der Waals surface area (Å²) >= 11 is 0. The lowest BCUT2D eigenvalue weighted by molar-refractivity contribution is -0.117. The average Bonchev–Trinajstić information content (AvgIpc) is 2.90. The van der Waals surface area contributed by atoms with Gasteiger partial charge >= 0.3 is 0 Å².